The second-order valence-corrected chi connectivity index (χ2v) is 4.87. The molecule has 0 aliphatic rings. The van der Waals surface area contributed by atoms with Crippen LogP contribution in [0.3, 0.4) is 0 Å². The summed E-state index contributed by atoms with van der Waals surface area (Å²) in [6.07, 6.45) is 0. The van der Waals surface area contributed by atoms with E-state index in [4.69, 9.17) is 5.26 Å². The van der Waals surface area contributed by atoms with Gasteiger partial charge in [-0.25, -0.2) is 0 Å². The van der Waals surface area contributed by atoms with Crippen molar-refractivity contribution >= 4 is 5.91 Å². The molecule has 0 aromatic heterocycles. The zero-order valence-corrected chi connectivity index (χ0v) is 12.4. The molecule has 0 N–H and O–H groups in total. The van der Waals surface area contributed by atoms with Crippen LogP contribution >= 0.6 is 0 Å². The minimum Gasteiger partial charge on any atom is -0.435 e. The molecule has 118 valence electrons. The molecule has 0 unspecified atom stereocenters. The highest BCUT2D eigenvalue weighted by Gasteiger charge is 2.13. The number of alkyl halides is 2. The summed E-state index contributed by atoms with van der Waals surface area (Å²) in [6.45, 7) is -2.52. The van der Waals surface area contributed by atoms with Crippen LogP contribution in [0.5, 0.6) is 5.75 Å². The van der Waals surface area contributed by atoms with E-state index in [2.05, 4.69) is 4.74 Å². The van der Waals surface area contributed by atoms with Gasteiger partial charge in [0.05, 0.1) is 11.6 Å². The van der Waals surface area contributed by atoms with E-state index in [0.717, 1.165) is 5.56 Å². The quantitative estimate of drug-likeness (QED) is 0.849. The molecule has 0 saturated carbocycles. The number of halogens is 2. The van der Waals surface area contributed by atoms with Crippen LogP contribution < -0.4 is 4.74 Å². The van der Waals surface area contributed by atoms with Crippen molar-refractivity contribution in [3.63, 3.8) is 0 Å². The van der Waals surface area contributed by atoms with E-state index in [1.807, 2.05) is 6.07 Å². The Morgan fingerprint density at radius 2 is 1.78 bits per heavy atom. The number of ether oxygens (including phenoxy) is 1. The van der Waals surface area contributed by atoms with E-state index >= 15 is 0 Å². The number of nitriles is 1. The van der Waals surface area contributed by atoms with Gasteiger partial charge in [-0.2, -0.15) is 14.0 Å². The first kappa shape index (κ1) is 16.4. The van der Waals surface area contributed by atoms with E-state index in [1.54, 1.807) is 31.3 Å². The molecule has 0 spiro atoms. The third kappa shape index (κ3) is 4.51. The average Bonchev–Trinajstić information content (AvgIpc) is 2.55. The van der Waals surface area contributed by atoms with E-state index in [1.165, 1.54) is 29.2 Å². The number of rotatable bonds is 5. The normalized spacial score (nSPS) is 10.2. The van der Waals surface area contributed by atoms with Crippen LogP contribution in [0, 0.1) is 11.3 Å². The summed E-state index contributed by atoms with van der Waals surface area (Å²) < 4.78 is 28.4. The Kier molecular flexibility index (Phi) is 5.26. The molecule has 6 heteroatoms. The standard InChI is InChI=1S/C17H14F2N2O2/c1-21(11-13-4-2-12(10-20)3-5-13)16(22)14-6-8-15(9-7-14)23-17(18)19/h2-9,17H,11H2,1H3. The van der Waals surface area contributed by atoms with Crippen LogP contribution in [0.1, 0.15) is 21.5 Å². The molecule has 0 atom stereocenters. The minimum absolute atomic E-state index is 0.00583. The Balaban J connectivity index is 2.02. The second-order valence-electron chi connectivity index (χ2n) is 4.87. The van der Waals surface area contributed by atoms with Gasteiger partial charge in [0.25, 0.3) is 5.91 Å². The Bertz CT molecular complexity index is 707. The number of hydrogen-bond donors (Lipinski definition) is 0. The number of amides is 1. The molecule has 0 saturated heterocycles. The molecule has 2 aromatic carbocycles. The van der Waals surface area contributed by atoms with Crippen LogP contribution in [0.4, 0.5) is 8.78 Å². The van der Waals surface area contributed by atoms with Crippen molar-refractivity contribution in [2.45, 2.75) is 13.2 Å². The lowest BCUT2D eigenvalue weighted by Crippen LogP contribution is -2.26. The predicted molar refractivity (Wildman–Crippen MR) is 80.0 cm³/mol. The smallest absolute Gasteiger partial charge is 0.387 e. The van der Waals surface area contributed by atoms with Crippen molar-refractivity contribution < 1.29 is 18.3 Å². The van der Waals surface area contributed by atoms with E-state index in [-0.39, 0.29) is 11.7 Å². The molecule has 23 heavy (non-hydrogen) atoms. The summed E-state index contributed by atoms with van der Waals surface area (Å²) in [4.78, 5) is 13.8. The van der Waals surface area contributed by atoms with Gasteiger partial charge in [0.15, 0.2) is 0 Å². The molecular formula is C17H14F2N2O2. The fourth-order valence-corrected chi connectivity index (χ4v) is 2.03. The SMILES string of the molecule is CN(Cc1ccc(C#N)cc1)C(=O)c1ccc(OC(F)F)cc1. The van der Waals surface area contributed by atoms with Crippen molar-refractivity contribution in [2.75, 3.05) is 7.05 Å². The molecule has 2 aromatic rings. The minimum atomic E-state index is -2.89. The van der Waals surface area contributed by atoms with Gasteiger partial charge in [0.1, 0.15) is 5.75 Å². The maximum Gasteiger partial charge on any atom is 0.387 e. The first-order valence-electron chi connectivity index (χ1n) is 6.79. The van der Waals surface area contributed by atoms with Crippen LogP contribution in [0.25, 0.3) is 0 Å². The van der Waals surface area contributed by atoms with Crippen LogP contribution in [0.15, 0.2) is 48.5 Å². The van der Waals surface area contributed by atoms with Crippen molar-refractivity contribution in [2.24, 2.45) is 0 Å². The third-order valence-electron chi connectivity index (χ3n) is 3.18. The number of nitrogens with zero attached hydrogens (tertiary/aromatic N) is 2. The van der Waals surface area contributed by atoms with Crippen molar-refractivity contribution in [3.05, 3.63) is 65.2 Å². The van der Waals surface area contributed by atoms with Crippen LogP contribution in [-0.2, 0) is 6.54 Å². The molecule has 2 rings (SSSR count). The highest BCUT2D eigenvalue weighted by molar-refractivity contribution is 5.94. The lowest BCUT2D eigenvalue weighted by molar-refractivity contribution is -0.0498. The maximum atomic E-state index is 12.3. The zero-order valence-electron chi connectivity index (χ0n) is 12.4. The van der Waals surface area contributed by atoms with Gasteiger partial charge in [-0.3, -0.25) is 4.79 Å². The Morgan fingerprint density at radius 1 is 1.17 bits per heavy atom. The first-order valence-corrected chi connectivity index (χ1v) is 6.79. The summed E-state index contributed by atoms with van der Waals surface area (Å²) in [7, 11) is 1.64. The lowest BCUT2D eigenvalue weighted by atomic mass is 10.1. The number of benzene rings is 2. The highest BCUT2D eigenvalue weighted by atomic mass is 19.3. The van der Waals surface area contributed by atoms with E-state index < -0.39 is 6.61 Å². The summed E-state index contributed by atoms with van der Waals surface area (Å²) in [5.41, 5.74) is 1.82. The van der Waals surface area contributed by atoms with E-state index in [0.29, 0.717) is 17.7 Å². The van der Waals surface area contributed by atoms with Gasteiger partial charge >= 0.3 is 6.61 Å². The maximum absolute atomic E-state index is 12.3. The molecule has 0 radical (unpaired) electrons. The molecule has 4 nitrogen and oxygen atoms in total. The van der Waals surface area contributed by atoms with E-state index in [9.17, 15) is 13.6 Å². The van der Waals surface area contributed by atoms with Crippen LogP contribution in [0.2, 0.25) is 0 Å². The van der Waals surface area contributed by atoms with Gasteiger partial charge in [-0.05, 0) is 42.0 Å². The van der Waals surface area contributed by atoms with Crippen LogP contribution in [-0.4, -0.2) is 24.5 Å². The zero-order chi connectivity index (χ0) is 16.8. The largest absolute Gasteiger partial charge is 0.435 e. The van der Waals surface area contributed by atoms with Crippen molar-refractivity contribution in [1.82, 2.24) is 4.90 Å². The van der Waals surface area contributed by atoms with Crippen molar-refractivity contribution in [1.29, 1.82) is 5.26 Å². The number of hydrogen-bond acceptors (Lipinski definition) is 3. The first-order chi connectivity index (χ1) is 11.0. The predicted octanol–water partition coefficient (Wildman–Crippen LogP) is 3.43. The third-order valence-corrected chi connectivity index (χ3v) is 3.18. The average molecular weight is 316 g/mol. The van der Waals surface area contributed by atoms with Gasteiger partial charge in [0.2, 0.25) is 0 Å². The molecular weight excluding hydrogens is 302 g/mol. The van der Waals surface area contributed by atoms with Gasteiger partial charge < -0.3 is 9.64 Å². The van der Waals surface area contributed by atoms with Gasteiger partial charge in [-0.1, -0.05) is 12.1 Å². The summed E-state index contributed by atoms with van der Waals surface area (Å²) >= 11 is 0. The Morgan fingerprint density at radius 3 is 2.30 bits per heavy atom. The molecule has 0 aliphatic carbocycles. The molecule has 0 fully saturated rings. The summed E-state index contributed by atoms with van der Waals surface area (Å²) in [5, 5.41) is 8.75. The number of carbonyl (C=O) groups is 1. The molecule has 0 bridgehead atoms. The molecule has 0 heterocycles. The van der Waals surface area contributed by atoms with Gasteiger partial charge in [0, 0.05) is 19.2 Å². The molecule has 1 amide bonds. The highest BCUT2D eigenvalue weighted by Crippen LogP contribution is 2.16. The fraction of sp³-hybridized carbons (Fsp3) is 0.176. The number of carbonyl (C=O) groups excluding carboxylic acids is 1. The van der Waals surface area contributed by atoms with Crippen molar-refractivity contribution in [3.8, 4) is 11.8 Å². The second kappa shape index (κ2) is 7.36. The van der Waals surface area contributed by atoms with Gasteiger partial charge in [-0.15, -0.1) is 0 Å². The molecule has 0 aliphatic heterocycles. The monoisotopic (exact) mass is 316 g/mol. The topological polar surface area (TPSA) is 53.3 Å². The summed E-state index contributed by atoms with van der Waals surface area (Å²) in [6, 6.07) is 14.5. The Hall–Kier alpha value is -2.94. The summed E-state index contributed by atoms with van der Waals surface area (Å²) in [5.74, 6) is -0.232. The fourth-order valence-electron chi connectivity index (χ4n) is 2.03. The Labute approximate surface area is 132 Å². The lowest BCUT2D eigenvalue weighted by Gasteiger charge is -2.17.